The molecule has 1 saturated heterocycles. The second kappa shape index (κ2) is 11.6. The normalized spacial score (nSPS) is 20.2. The van der Waals surface area contributed by atoms with Gasteiger partial charge in [0.25, 0.3) is 0 Å². The van der Waals surface area contributed by atoms with E-state index in [9.17, 15) is 9.18 Å². The smallest absolute Gasteiger partial charge is 0.169 e. The molecule has 1 radical (unpaired) electrons. The summed E-state index contributed by atoms with van der Waals surface area (Å²) in [5.41, 5.74) is 2.49. The van der Waals surface area contributed by atoms with E-state index in [1.54, 1.807) is 65.0 Å². The molecule has 3 aromatic rings. The van der Waals surface area contributed by atoms with Crippen molar-refractivity contribution in [2.75, 3.05) is 47.6 Å². The number of ketones is 1. The van der Waals surface area contributed by atoms with E-state index in [0.717, 1.165) is 5.56 Å². The topological polar surface area (TPSA) is 73.8 Å². The zero-order chi connectivity index (χ0) is 25.7. The van der Waals surface area contributed by atoms with Crippen LogP contribution >= 0.6 is 0 Å². The number of ether oxygens (including phenoxy) is 3. The summed E-state index contributed by atoms with van der Waals surface area (Å²) in [6, 6.07) is 11.8. The Morgan fingerprint density at radius 2 is 1.94 bits per heavy atom. The van der Waals surface area contributed by atoms with E-state index < -0.39 is 5.92 Å². The first-order valence-electron chi connectivity index (χ1n) is 11.9. The number of likely N-dealkylation sites (tertiary alicyclic amines) is 1. The maximum Gasteiger partial charge on any atom is 0.169 e. The minimum absolute atomic E-state index is 0.0734. The predicted molar refractivity (Wildman–Crippen MR) is 133 cm³/mol. The Hall–Kier alpha value is -3.36. The van der Waals surface area contributed by atoms with Crippen molar-refractivity contribution in [2.24, 2.45) is 5.92 Å². The summed E-state index contributed by atoms with van der Waals surface area (Å²) >= 11 is 0. The van der Waals surface area contributed by atoms with Crippen LogP contribution in [0, 0.1) is 24.7 Å². The molecule has 1 aliphatic heterocycles. The maximum atomic E-state index is 14.8. The molecule has 189 valence electrons. The standard InChI is InChI=1S/C28H31FN3O4/c1-18-22(6-5-7-25(18)29)27-23(26-9-8-20(35-3)15-31-26)16-32(10-11-34-2)17-24(27)28(33)19-12-21(36-4)14-30-13-19/h5-8,12-15,23-24,27H,10-11,16-17H2,1-4H3/t23-,24-,27?/m0/s1. The molecule has 0 N–H and O–H groups in total. The minimum atomic E-state index is -0.479. The van der Waals surface area contributed by atoms with Crippen LogP contribution in [0.2, 0.25) is 0 Å². The zero-order valence-corrected chi connectivity index (χ0v) is 21.0. The van der Waals surface area contributed by atoms with Gasteiger partial charge in [-0.05, 0) is 36.2 Å². The number of hydrogen-bond acceptors (Lipinski definition) is 7. The summed E-state index contributed by atoms with van der Waals surface area (Å²) in [4.78, 5) is 25.1. The third-order valence-corrected chi connectivity index (χ3v) is 6.91. The number of methoxy groups -OCH3 is 3. The molecule has 7 nitrogen and oxygen atoms in total. The quantitative estimate of drug-likeness (QED) is 0.417. The number of aromatic nitrogens is 2. The summed E-state index contributed by atoms with van der Waals surface area (Å²) in [5, 5.41) is 0. The van der Waals surface area contributed by atoms with Crippen molar-refractivity contribution in [3.05, 3.63) is 83.2 Å². The Kier molecular flexibility index (Phi) is 8.28. The van der Waals surface area contributed by atoms with Crippen LogP contribution in [-0.4, -0.2) is 68.2 Å². The van der Waals surface area contributed by atoms with Gasteiger partial charge in [0.1, 0.15) is 17.3 Å². The van der Waals surface area contributed by atoms with E-state index in [1.165, 1.54) is 6.07 Å². The molecule has 8 heteroatoms. The Morgan fingerprint density at radius 1 is 1.14 bits per heavy atom. The van der Waals surface area contributed by atoms with E-state index in [4.69, 9.17) is 14.2 Å². The van der Waals surface area contributed by atoms with Gasteiger partial charge in [0, 0.05) is 62.3 Å². The largest absolute Gasteiger partial charge is 0.495 e. The molecule has 3 atom stereocenters. The molecule has 0 amide bonds. The second-order valence-electron chi connectivity index (χ2n) is 8.96. The summed E-state index contributed by atoms with van der Waals surface area (Å²) in [5.74, 6) is -0.283. The van der Waals surface area contributed by atoms with Crippen LogP contribution in [0.1, 0.15) is 39.0 Å². The number of piperidine rings is 1. The van der Waals surface area contributed by atoms with E-state index in [0.29, 0.717) is 54.6 Å². The third kappa shape index (κ3) is 5.39. The van der Waals surface area contributed by atoms with Gasteiger partial charge in [-0.3, -0.25) is 19.7 Å². The highest BCUT2D eigenvalue weighted by molar-refractivity contribution is 5.99. The Morgan fingerprint density at radius 3 is 2.64 bits per heavy atom. The fraction of sp³-hybridized carbons (Fsp3) is 0.393. The average molecular weight is 493 g/mol. The van der Waals surface area contributed by atoms with Crippen molar-refractivity contribution in [1.29, 1.82) is 0 Å². The van der Waals surface area contributed by atoms with Crippen LogP contribution < -0.4 is 9.47 Å². The van der Waals surface area contributed by atoms with Gasteiger partial charge >= 0.3 is 0 Å². The molecular weight excluding hydrogens is 461 g/mol. The van der Waals surface area contributed by atoms with Crippen molar-refractivity contribution >= 4 is 5.78 Å². The number of halogens is 1. The number of Topliss-reactive ketones (excluding diaryl/α,β-unsaturated/α-hetero) is 1. The summed E-state index contributed by atoms with van der Waals surface area (Å²) < 4.78 is 30.7. The molecule has 0 spiro atoms. The molecule has 3 heterocycles. The van der Waals surface area contributed by atoms with Gasteiger partial charge in [-0.15, -0.1) is 0 Å². The molecule has 1 aromatic carbocycles. The van der Waals surface area contributed by atoms with Gasteiger partial charge in [0.15, 0.2) is 5.78 Å². The second-order valence-corrected chi connectivity index (χ2v) is 8.96. The fourth-order valence-electron chi connectivity index (χ4n) is 5.01. The van der Waals surface area contributed by atoms with Gasteiger partial charge in [0.2, 0.25) is 0 Å². The predicted octanol–water partition coefficient (Wildman–Crippen LogP) is 4.07. The first kappa shape index (κ1) is 25.7. The van der Waals surface area contributed by atoms with Crippen molar-refractivity contribution in [3.63, 3.8) is 0 Å². The van der Waals surface area contributed by atoms with Crippen molar-refractivity contribution in [3.8, 4) is 11.5 Å². The summed E-state index contributed by atoms with van der Waals surface area (Å²) in [7, 11) is 4.77. The molecule has 1 aliphatic rings. The van der Waals surface area contributed by atoms with E-state index in [-0.39, 0.29) is 23.4 Å². The van der Waals surface area contributed by atoms with Crippen molar-refractivity contribution < 1.29 is 23.4 Å². The van der Waals surface area contributed by atoms with Crippen LogP contribution in [0.15, 0.2) is 48.9 Å². The molecule has 2 aromatic heterocycles. The first-order chi connectivity index (χ1) is 17.5. The van der Waals surface area contributed by atoms with Crippen molar-refractivity contribution in [1.82, 2.24) is 14.9 Å². The molecule has 0 saturated carbocycles. The van der Waals surface area contributed by atoms with Crippen LogP contribution in [-0.2, 0) is 4.74 Å². The van der Waals surface area contributed by atoms with Gasteiger partial charge in [-0.25, -0.2) is 4.39 Å². The van der Waals surface area contributed by atoms with Gasteiger partial charge < -0.3 is 14.2 Å². The average Bonchev–Trinajstić information content (AvgIpc) is 2.92. The Bertz CT molecular complexity index is 1190. The third-order valence-electron chi connectivity index (χ3n) is 6.91. The number of nitrogens with zero attached hydrogens (tertiary/aromatic N) is 3. The van der Waals surface area contributed by atoms with E-state index >= 15 is 0 Å². The lowest BCUT2D eigenvalue weighted by atomic mass is 9.69. The molecule has 36 heavy (non-hydrogen) atoms. The first-order valence-corrected chi connectivity index (χ1v) is 11.9. The number of carbonyl (C=O) groups excluding carboxylic acids is 1. The molecule has 0 bridgehead atoms. The van der Waals surface area contributed by atoms with Crippen LogP contribution in [0.25, 0.3) is 0 Å². The van der Waals surface area contributed by atoms with Gasteiger partial charge in [0.05, 0.1) is 38.9 Å². The molecule has 0 aliphatic carbocycles. The molecule has 1 fully saturated rings. The Labute approximate surface area is 211 Å². The number of carbonyl (C=O) groups is 1. The highest BCUT2D eigenvalue weighted by Gasteiger charge is 2.43. The lowest BCUT2D eigenvalue weighted by molar-refractivity contribution is 0.0660. The van der Waals surface area contributed by atoms with E-state index in [1.807, 2.05) is 6.07 Å². The number of hydrogen-bond donors (Lipinski definition) is 0. The molecule has 4 rings (SSSR count). The maximum absolute atomic E-state index is 14.8. The van der Waals surface area contributed by atoms with Crippen LogP contribution in [0.3, 0.4) is 0 Å². The number of benzene rings is 1. The van der Waals surface area contributed by atoms with Crippen LogP contribution in [0.4, 0.5) is 4.39 Å². The fourth-order valence-corrected chi connectivity index (χ4v) is 5.01. The lowest BCUT2D eigenvalue weighted by Gasteiger charge is -2.44. The zero-order valence-electron chi connectivity index (χ0n) is 21.0. The summed E-state index contributed by atoms with van der Waals surface area (Å²) in [6.45, 7) is 4.06. The molecular formula is C28H31FN3O4. The monoisotopic (exact) mass is 492 g/mol. The Balaban J connectivity index is 1.84. The molecule has 1 unspecified atom stereocenters. The minimum Gasteiger partial charge on any atom is -0.495 e. The highest BCUT2D eigenvalue weighted by atomic mass is 19.1. The number of rotatable bonds is 9. The van der Waals surface area contributed by atoms with Crippen LogP contribution in [0.5, 0.6) is 11.5 Å². The van der Waals surface area contributed by atoms with E-state index in [2.05, 4.69) is 20.9 Å². The number of pyridine rings is 2. The van der Waals surface area contributed by atoms with Gasteiger partial charge in [-0.2, -0.15) is 0 Å². The summed E-state index contributed by atoms with van der Waals surface area (Å²) in [6.07, 6.45) is 4.77. The highest BCUT2D eigenvalue weighted by Crippen LogP contribution is 2.45. The van der Waals surface area contributed by atoms with Crippen molar-refractivity contribution in [2.45, 2.75) is 18.8 Å². The SMILES string of the molecule is COCCN1C[C@H](C(=O)c2cncc(OC)c2)C(c2cccc(F)c2C)[C@H](c2[c]cc(OC)cn2)C1. The van der Waals surface area contributed by atoms with Gasteiger partial charge in [-0.1, -0.05) is 12.1 Å². The lowest BCUT2D eigenvalue weighted by Crippen LogP contribution is -2.48.